The van der Waals surface area contributed by atoms with E-state index in [-0.39, 0.29) is 17.4 Å². The third kappa shape index (κ3) is 3.83. The number of carbonyl (C=O) groups excluding carboxylic acids is 1. The van der Waals surface area contributed by atoms with E-state index in [0.29, 0.717) is 23.1 Å². The lowest BCUT2D eigenvalue weighted by molar-refractivity contribution is -0.119. The third-order valence-corrected chi connectivity index (χ3v) is 6.94. The number of nitrogens with one attached hydrogen (secondary N) is 1. The van der Waals surface area contributed by atoms with Crippen LogP contribution < -0.4 is 14.8 Å². The molecule has 1 amide bonds. The second-order valence-corrected chi connectivity index (χ2v) is 9.51. The molecule has 0 spiro atoms. The van der Waals surface area contributed by atoms with Crippen LogP contribution >= 0.6 is 11.3 Å². The molecular weight excluding hydrogens is 376 g/mol. The molecule has 2 aromatic rings. The molecule has 1 aliphatic rings. The zero-order chi connectivity index (χ0) is 18.9. The van der Waals surface area contributed by atoms with Crippen molar-refractivity contribution in [2.45, 2.75) is 13.3 Å². The van der Waals surface area contributed by atoms with Gasteiger partial charge in [0.2, 0.25) is 5.91 Å². The number of sulfone groups is 1. The smallest absolute Gasteiger partial charge is 0.230 e. The van der Waals surface area contributed by atoms with E-state index in [2.05, 4.69) is 10.3 Å². The molecule has 7 nitrogen and oxygen atoms in total. The van der Waals surface area contributed by atoms with Gasteiger partial charge in [0.05, 0.1) is 37.3 Å². The second kappa shape index (κ2) is 7.24. The standard InChI is InChI=1S/C17H20N2O5S2/c1-10-15(11-4-5-13(23-2)14(8-11)24-3)18-17(25-10)19-16(20)12-6-7-26(21,22)9-12/h4-5,8,12H,6-7,9H2,1-3H3,(H,18,19,20). The maximum atomic E-state index is 12.3. The van der Waals surface area contributed by atoms with Crippen LogP contribution in [0.4, 0.5) is 5.13 Å². The minimum atomic E-state index is -3.10. The highest BCUT2D eigenvalue weighted by Gasteiger charge is 2.33. The molecule has 0 radical (unpaired) electrons. The number of rotatable bonds is 5. The van der Waals surface area contributed by atoms with E-state index in [4.69, 9.17) is 9.47 Å². The summed E-state index contributed by atoms with van der Waals surface area (Å²) in [5.41, 5.74) is 1.59. The Hall–Kier alpha value is -2.13. The summed E-state index contributed by atoms with van der Waals surface area (Å²) in [7, 11) is 0.0416. The summed E-state index contributed by atoms with van der Waals surface area (Å²) in [6.07, 6.45) is 0.362. The summed E-state index contributed by atoms with van der Waals surface area (Å²) in [6, 6.07) is 5.50. The van der Waals surface area contributed by atoms with E-state index in [1.54, 1.807) is 20.3 Å². The van der Waals surface area contributed by atoms with Crippen molar-refractivity contribution in [1.82, 2.24) is 4.98 Å². The molecule has 1 aromatic heterocycles. The summed E-state index contributed by atoms with van der Waals surface area (Å²) >= 11 is 1.36. The van der Waals surface area contributed by atoms with Gasteiger partial charge in [-0.3, -0.25) is 4.79 Å². The first-order valence-corrected chi connectivity index (χ1v) is 10.7. The Morgan fingerprint density at radius 2 is 2.00 bits per heavy atom. The van der Waals surface area contributed by atoms with Crippen molar-refractivity contribution >= 4 is 32.2 Å². The topological polar surface area (TPSA) is 94.6 Å². The SMILES string of the molecule is COc1ccc(-c2nc(NC(=O)C3CCS(=O)(=O)C3)sc2C)cc1OC. The van der Waals surface area contributed by atoms with Crippen LogP contribution in [0, 0.1) is 12.8 Å². The predicted molar refractivity (Wildman–Crippen MR) is 101 cm³/mol. The van der Waals surface area contributed by atoms with Gasteiger partial charge in [0.25, 0.3) is 0 Å². The number of benzene rings is 1. The molecule has 0 aliphatic carbocycles. The fourth-order valence-corrected chi connectivity index (χ4v) is 5.49. The van der Waals surface area contributed by atoms with Crippen LogP contribution in [0.15, 0.2) is 18.2 Å². The summed E-state index contributed by atoms with van der Waals surface area (Å²) in [5.74, 6) is 0.400. The molecule has 26 heavy (non-hydrogen) atoms. The number of aromatic nitrogens is 1. The Morgan fingerprint density at radius 3 is 2.62 bits per heavy atom. The number of nitrogens with zero attached hydrogens (tertiary/aromatic N) is 1. The largest absolute Gasteiger partial charge is 0.493 e. The monoisotopic (exact) mass is 396 g/mol. The molecule has 0 saturated carbocycles. The fraction of sp³-hybridized carbons (Fsp3) is 0.412. The quantitative estimate of drug-likeness (QED) is 0.834. The van der Waals surface area contributed by atoms with E-state index in [0.717, 1.165) is 16.1 Å². The third-order valence-electron chi connectivity index (χ3n) is 4.29. The lowest BCUT2D eigenvalue weighted by Crippen LogP contribution is -2.23. The predicted octanol–water partition coefficient (Wildman–Crippen LogP) is 2.51. The lowest BCUT2D eigenvalue weighted by atomic mass is 10.1. The van der Waals surface area contributed by atoms with Crippen molar-refractivity contribution < 1.29 is 22.7 Å². The molecule has 1 unspecified atom stereocenters. The van der Waals surface area contributed by atoms with Gasteiger partial charge in [-0.05, 0) is 31.5 Å². The van der Waals surface area contributed by atoms with Crippen molar-refractivity contribution in [3.63, 3.8) is 0 Å². The Balaban J connectivity index is 1.80. The average Bonchev–Trinajstić information content (AvgIpc) is 3.16. The van der Waals surface area contributed by atoms with E-state index in [1.165, 1.54) is 11.3 Å². The molecule has 0 bridgehead atoms. The maximum Gasteiger partial charge on any atom is 0.230 e. The first-order chi connectivity index (χ1) is 12.3. The van der Waals surface area contributed by atoms with Gasteiger partial charge in [-0.2, -0.15) is 0 Å². The number of hydrogen-bond donors (Lipinski definition) is 1. The van der Waals surface area contributed by atoms with Crippen molar-refractivity contribution in [3.05, 3.63) is 23.1 Å². The summed E-state index contributed by atoms with van der Waals surface area (Å²) in [6.45, 7) is 1.92. The zero-order valence-electron chi connectivity index (χ0n) is 14.7. The number of aryl methyl sites for hydroxylation is 1. The first-order valence-electron chi connectivity index (χ1n) is 8.04. The van der Waals surface area contributed by atoms with Crippen LogP contribution in [0.1, 0.15) is 11.3 Å². The van der Waals surface area contributed by atoms with Crippen molar-refractivity contribution in [2.75, 3.05) is 31.0 Å². The van der Waals surface area contributed by atoms with Crippen LogP contribution in [0.25, 0.3) is 11.3 Å². The van der Waals surface area contributed by atoms with Gasteiger partial charge in [-0.1, -0.05) is 0 Å². The molecule has 1 saturated heterocycles. The van der Waals surface area contributed by atoms with Crippen molar-refractivity contribution in [3.8, 4) is 22.8 Å². The number of methoxy groups -OCH3 is 2. The van der Waals surface area contributed by atoms with Gasteiger partial charge in [-0.15, -0.1) is 11.3 Å². The number of anilines is 1. The Kier molecular flexibility index (Phi) is 5.19. The van der Waals surface area contributed by atoms with E-state index in [9.17, 15) is 13.2 Å². The Bertz CT molecular complexity index is 937. The van der Waals surface area contributed by atoms with Gasteiger partial charge in [0.1, 0.15) is 0 Å². The lowest BCUT2D eigenvalue weighted by Gasteiger charge is -2.09. The second-order valence-electron chi connectivity index (χ2n) is 6.08. The average molecular weight is 396 g/mol. The molecule has 1 N–H and O–H groups in total. The van der Waals surface area contributed by atoms with Crippen molar-refractivity contribution in [2.24, 2.45) is 5.92 Å². The molecule has 1 atom stereocenters. The molecular formula is C17H20N2O5S2. The van der Waals surface area contributed by atoms with Crippen LogP contribution in [0.2, 0.25) is 0 Å². The normalized spacial score (nSPS) is 18.5. The van der Waals surface area contributed by atoms with Gasteiger partial charge >= 0.3 is 0 Å². The summed E-state index contributed by atoms with van der Waals surface area (Å²) < 4.78 is 33.6. The van der Waals surface area contributed by atoms with Crippen LogP contribution in [-0.2, 0) is 14.6 Å². The van der Waals surface area contributed by atoms with E-state index < -0.39 is 15.8 Å². The molecule has 3 rings (SSSR count). The number of hydrogen-bond acceptors (Lipinski definition) is 7. The summed E-state index contributed by atoms with van der Waals surface area (Å²) in [4.78, 5) is 17.7. The van der Waals surface area contributed by atoms with E-state index in [1.807, 2.05) is 19.1 Å². The van der Waals surface area contributed by atoms with Crippen molar-refractivity contribution in [1.29, 1.82) is 0 Å². The number of carbonyl (C=O) groups is 1. The van der Waals surface area contributed by atoms with Crippen LogP contribution in [0.3, 0.4) is 0 Å². The minimum Gasteiger partial charge on any atom is -0.493 e. The van der Waals surface area contributed by atoms with Gasteiger partial charge in [0.15, 0.2) is 26.5 Å². The maximum absolute atomic E-state index is 12.3. The Morgan fingerprint density at radius 1 is 1.27 bits per heavy atom. The molecule has 140 valence electrons. The summed E-state index contributed by atoms with van der Waals surface area (Å²) in [5, 5.41) is 3.21. The van der Waals surface area contributed by atoms with Gasteiger partial charge in [0, 0.05) is 10.4 Å². The number of thiazole rings is 1. The highest BCUT2D eigenvalue weighted by Crippen LogP contribution is 2.36. The van der Waals surface area contributed by atoms with Crippen LogP contribution in [-0.4, -0.2) is 45.0 Å². The first kappa shape index (κ1) is 18.7. The number of amides is 1. The highest BCUT2D eigenvalue weighted by molar-refractivity contribution is 7.91. The van der Waals surface area contributed by atoms with Gasteiger partial charge in [-0.25, -0.2) is 13.4 Å². The Labute approximate surface area is 156 Å². The molecule has 9 heteroatoms. The van der Waals surface area contributed by atoms with E-state index >= 15 is 0 Å². The minimum absolute atomic E-state index is 0.0683. The van der Waals surface area contributed by atoms with Gasteiger partial charge < -0.3 is 14.8 Å². The molecule has 1 aliphatic heterocycles. The zero-order valence-corrected chi connectivity index (χ0v) is 16.4. The molecule has 2 heterocycles. The molecule has 1 fully saturated rings. The fourth-order valence-electron chi connectivity index (χ4n) is 2.91. The highest BCUT2D eigenvalue weighted by atomic mass is 32.2. The number of ether oxygens (including phenoxy) is 2. The molecule has 1 aromatic carbocycles. The van der Waals surface area contributed by atoms with Crippen LogP contribution in [0.5, 0.6) is 11.5 Å².